The van der Waals surface area contributed by atoms with Gasteiger partial charge in [-0.25, -0.2) is 0 Å². The van der Waals surface area contributed by atoms with E-state index in [0.29, 0.717) is 91.3 Å². The SMILES string of the molecule is CCOc1ccc(C(=O)Nc2ccccc2)cc1N=Nc1c(O)c(C(=O)Nc2ccc(NC(=O)c3cc4ccccc4c(N=Nc4cc(C(=O)Nc5ccccc5)ccc4OCC)c3O)c(C)c2C)cc2ccccc12. The Morgan fingerprint density at radius 1 is 0.434 bits per heavy atom. The van der Waals surface area contributed by atoms with Crippen LogP contribution in [-0.2, 0) is 0 Å². The number of benzene rings is 9. The Labute approximate surface area is 436 Å². The molecular formula is C60H50N8O8. The molecule has 0 fully saturated rings. The first kappa shape index (κ1) is 50.7. The van der Waals surface area contributed by atoms with Gasteiger partial charge < -0.3 is 41.0 Å². The van der Waals surface area contributed by atoms with Crippen molar-refractivity contribution >= 4 is 90.7 Å². The molecule has 76 heavy (non-hydrogen) atoms. The molecule has 0 aliphatic heterocycles. The molecule has 16 heteroatoms. The first-order valence-electron chi connectivity index (χ1n) is 24.2. The first-order valence-corrected chi connectivity index (χ1v) is 24.2. The number of carbonyl (C=O) groups is 4. The Hall–Kier alpha value is -10.2. The summed E-state index contributed by atoms with van der Waals surface area (Å²) in [6.45, 7) is 7.79. The number of para-hydroxylation sites is 2. The fourth-order valence-electron chi connectivity index (χ4n) is 8.34. The largest absolute Gasteiger partial charge is 0.505 e. The summed E-state index contributed by atoms with van der Waals surface area (Å²) in [6.07, 6.45) is 0. The number of amides is 4. The van der Waals surface area contributed by atoms with Gasteiger partial charge in [0.15, 0.2) is 11.5 Å². The molecule has 4 amide bonds. The third-order valence-corrected chi connectivity index (χ3v) is 12.4. The number of phenols is 2. The van der Waals surface area contributed by atoms with Gasteiger partial charge >= 0.3 is 0 Å². The maximum Gasteiger partial charge on any atom is 0.259 e. The van der Waals surface area contributed by atoms with E-state index in [-0.39, 0.29) is 45.7 Å². The van der Waals surface area contributed by atoms with Crippen molar-refractivity contribution in [2.75, 3.05) is 34.5 Å². The molecule has 0 unspecified atom stereocenters. The van der Waals surface area contributed by atoms with Crippen LogP contribution in [0.5, 0.6) is 23.0 Å². The van der Waals surface area contributed by atoms with E-state index in [1.807, 2.05) is 50.2 Å². The molecule has 6 N–H and O–H groups in total. The number of hydrogen-bond acceptors (Lipinski definition) is 12. The number of phenolic OH excluding ortho intramolecular Hbond substituents is 2. The normalized spacial score (nSPS) is 11.2. The van der Waals surface area contributed by atoms with Crippen LogP contribution in [0.1, 0.15) is 66.4 Å². The monoisotopic (exact) mass is 1010 g/mol. The van der Waals surface area contributed by atoms with Gasteiger partial charge in [0.1, 0.15) is 34.2 Å². The number of anilines is 4. The number of ether oxygens (including phenoxy) is 2. The number of azo groups is 2. The predicted molar refractivity (Wildman–Crippen MR) is 295 cm³/mol. The lowest BCUT2D eigenvalue weighted by molar-refractivity contribution is 0.101. The van der Waals surface area contributed by atoms with Gasteiger partial charge in [-0.3, -0.25) is 19.2 Å². The molecule has 0 spiro atoms. The summed E-state index contributed by atoms with van der Waals surface area (Å²) >= 11 is 0. The molecule has 0 saturated carbocycles. The number of carbonyl (C=O) groups excluding carboxylic acids is 4. The van der Waals surface area contributed by atoms with Crippen molar-refractivity contribution in [3.8, 4) is 23.0 Å². The summed E-state index contributed by atoms with van der Waals surface area (Å²) in [4.78, 5) is 54.8. The minimum atomic E-state index is -0.646. The Morgan fingerprint density at radius 2 is 0.816 bits per heavy atom. The Balaban J connectivity index is 0.965. The minimum absolute atomic E-state index is 0.0189. The highest BCUT2D eigenvalue weighted by atomic mass is 16.5. The molecule has 16 nitrogen and oxygen atoms in total. The zero-order valence-corrected chi connectivity index (χ0v) is 41.7. The van der Waals surface area contributed by atoms with Gasteiger partial charge in [0.2, 0.25) is 0 Å². The summed E-state index contributed by atoms with van der Waals surface area (Å²) in [5, 5.41) is 55.1. The lowest BCUT2D eigenvalue weighted by Crippen LogP contribution is -2.16. The van der Waals surface area contributed by atoms with Crippen LogP contribution in [-0.4, -0.2) is 47.1 Å². The van der Waals surface area contributed by atoms with Crippen LogP contribution >= 0.6 is 0 Å². The van der Waals surface area contributed by atoms with Gasteiger partial charge in [-0.05, 0) is 135 Å². The van der Waals surface area contributed by atoms with E-state index in [2.05, 4.69) is 41.7 Å². The van der Waals surface area contributed by atoms with Crippen LogP contribution in [0.4, 0.5) is 45.5 Å². The molecule has 9 aromatic rings. The molecule has 0 bridgehead atoms. The van der Waals surface area contributed by atoms with Gasteiger partial charge in [-0.2, -0.15) is 0 Å². The number of hydrogen-bond donors (Lipinski definition) is 6. The second-order valence-electron chi connectivity index (χ2n) is 17.3. The van der Waals surface area contributed by atoms with Crippen molar-refractivity contribution in [1.29, 1.82) is 0 Å². The van der Waals surface area contributed by atoms with Crippen molar-refractivity contribution in [3.63, 3.8) is 0 Å². The molecule has 0 aliphatic rings. The van der Waals surface area contributed by atoms with E-state index in [0.717, 1.165) is 0 Å². The molecule has 0 radical (unpaired) electrons. The van der Waals surface area contributed by atoms with Crippen molar-refractivity contribution in [2.45, 2.75) is 27.7 Å². The predicted octanol–water partition coefficient (Wildman–Crippen LogP) is 14.7. The first-order chi connectivity index (χ1) is 36.9. The fourth-order valence-corrected chi connectivity index (χ4v) is 8.34. The Morgan fingerprint density at radius 3 is 1.21 bits per heavy atom. The number of nitrogens with zero attached hydrogens (tertiary/aromatic N) is 4. The Bertz CT molecular complexity index is 3530. The van der Waals surface area contributed by atoms with Crippen molar-refractivity contribution in [3.05, 3.63) is 203 Å². The number of nitrogens with one attached hydrogen (secondary N) is 4. The van der Waals surface area contributed by atoms with Crippen LogP contribution < -0.4 is 30.7 Å². The summed E-state index contributed by atoms with van der Waals surface area (Å²) in [5.41, 5.74) is 4.14. The topological polar surface area (TPSA) is 225 Å². The van der Waals surface area contributed by atoms with E-state index in [4.69, 9.17) is 9.47 Å². The number of fused-ring (bicyclic) bond motifs is 2. The molecule has 0 heterocycles. The second kappa shape index (κ2) is 22.7. The summed E-state index contributed by atoms with van der Waals surface area (Å²) < 4.78 is 11.6. The molecule has 378 valence electrons. The van der Waals surface area contributed by atoms with Gasteiger partial charge in [0.25, 0.3) is 23.6 Å². The van der Waals surface area contributed by atoms with Gasteiger partial charge in [-0.1, -0.05) is 84.9 Å². The maximum atomic E-state index is 14.2. The average molecular weight is 1010 g/mol. The maximum absolute atomic E-state index is 14.2. The third-order valence-electron chi connectivity index (χ3n) is 12.4. The zero-order valence-electron chi connectivity index (χ0n) is 41.7. The summed E-state index contributed by atoms with van der Waals surface area (Å²) in [7, 11) is 0. The van der Waals surface area contributed by atoms with E-state index in [1.54, 1.807) is 135 Å². The van der Waals surface area contributed by atoms with Crippen LogP contribution in [0, 0.1) is 13.8 Å². The lowest BCUT2D eigenvalue weighted by atomic mass is 10.0. The molecule has 0 saturated heterocycles. The van der Waals surface area contributed by atoms with E-state index < -0.39 is 23.3 Å². The number of rotatable bonds is 16. The second-order valence-corrected chi connectivity index (χ2v) is 17.3. The highest BCUT2D eigenvalue weighted by Crippen LogP contribution is 2.43. The molecule has 9 rings (SSSR count). The minimum Gasteiger partial charge on any atom is -0.505 e. The van der Waals surface area contributed by atoms with Crippen molar-refractivity contribution in [2.24, 2.45) is 20.5 Å². The third kappa shape index (κ3) is 11.1. The summed E-state index contributed by atoms with van der Waals surface area (Å²) in [6, 6.07) is 48.1. The van der Waals surface area contributed by atoms with E-state index in [9.17, 15) is 29.4 Å². The summed E-state index contributed by atoms with van der Waals surface area (Å²) in [5.74, 6) is -2.19. The van der Waals surface area contributed by atoms with Crippen molar-refractivity contribution < 1.29 is 38.9 Å². The van der Waals surface area contributed by atoms with Gasteiger partial charge in [0, 0.05) is 44.6 Å². The smallest absolute Gasteiger partial charge is 0.259 e. The standard InChI is InChI=1S/C60H50N8O8/c1-5-75-51-29-25-39(57(71)61-41-19-9-7-10-20-41)33-49(51)65-67-53-43-23-15-13-17-37(43)31-45(55(53)69)59(73)63-47-27-28-48(36(4)35(47)3)64-60(74)46-32-38-18-14-16-24-44(38)54(56(46)70)68-66-50-34-40(26-30-52(50)76-6-2)58(72)62-42-21-11-8-12-22-42/h7-34,69-70H,5-6H2,1-4H3,(H,61,71)(H,62,72)(H,63,73)(H,64,74). The van der Waals surface area contributed by atoms with Gasteiger partial charge in [-0.15, -0.1) is 20.5 Å². The quantitative estimate of drug-likeness (QED) is 0.0509. The molecule has 9 aromatic carbocycles. The lowest BCUT2D eigenvalue weighted by Gasteiger charge is -2.17. The fraction of sp³-hybridized carbons (Fsp3) is 0.100. The van der Waals surface area contributed by atoms with Crippen LogP contribution in [0.3, 0.4) is 0 Å². The van der Waals surface area contributed by atoms with Crippen LogP contribution in [0.15, 0.2) is 190 Å². The van der Waals surface area contributed by atoms with Crippen molar-refractivity contribution in [1.82, 2.24) is 0 Å². The zero-order chi connectivity index (χ0) is 53.3. The van der Waals surface area contributed by atoms with Gasteiger partial charge in [0.05, 0.1) is 24.3 Å². The average Bonchev–Trinajstić information content (AvgIpc) is 3.44. The highest BCUT2D eigenvalue weighted by molar-refractivity contribution is 6.14. The van der Waals surface area contributed by atoms with E-state index in [1.165, 1.54) is 12.1 Å². The molecule has 0 aliphatic carbocycles. The highest BCUT2D eigenvalue weighted by Gasteiger charge is 2.23. The van der Waals surface area contributed by atoms with Crippen LogP contribution in [0.25, 0.3) is 21.5 Å². The number of aromatic hydroxyl groups is 2. The van der Waals surface area contributed by atoms with Crippen LogP contribution in [0.2, 0.25) is 0 Å². The van der Waals surface area contributed by atoms with E-state index >= 15 is 0 Å². The molecular weight excluding hydrogens is 961 g/mol. The molecule has 0 atom stereocenters. The Kier molecular flexibility index (Phi) is 15.1. The molecule has 0 aromatic heterocycles.